The lowest BCUT2D eigenvalue weighted by atomic mass is 10.1. The van der Waals surface area contributed by atoms with Gasteiger partial charge in [0.2, 0.25) is 0 Å². The Bertz CT molecular complexity index is 677. The summed E-state index contributed by atoms with van der Waals surface area (Å²) in [7, 11) is 0. The lowest BCUT2D eigenvalue weighted by molar-refractivity contribution is 0.104. The van der Waals surface area contributed by atoms with E-state index in [9.17, 15) is 4.79 Å². The molecular formula is C21H23NO. The van der Waals surface area contributed by atoms with Crippen LogP contribution in [-0.4, -0.2) is 18.9 Å². The number of aryl methyl sites for hydroxylation is 1. The molecule has 0 saturated carbocycles. The van der Waals surface area contributed by atoms with Crippen molar-refractivity contribution in [3.05, 3.63) is 71.3 Å². The molecule has 23 heavy (non-hydrogen) atoms. The van der Waals surface area contributed by atoms with Crippen LogP contribution in [0, 0.1) is 6.92 Å². The van der Waals surface area contributed by atoms with Gasteiger partial charge in [-0.1, -0.05) is 35.9 Å². The number of carbonyl (C=O) groups is 1. The Morgan fingerprint density at radius 2 is 1.57 bits per heavy atom. The van der Waals surface area contributed by atoms with Crippen LogP contribution in [0.25, 0.3) is 6.08 Å². The number of carbonyl (C=O) groups excluding carboxylic acids is 1. The van der Waals surface area contributed by atoms with E-state index in [1.807, 2.05) is 30.3 Å². The molecule has 118 valence electrons. The molecule has 0 bridgehead atoms. The molecule has 1 saturated heterocycles. The molecule has 0 spiro atoms. The van der Waals surface area contributed by atoms with Crippen LogP contribution in [0.4, 0.5) is 5.69 Å². The summed E-state index contributed by atoms with van der Waals surface area (Å²) >= 11 is 0. The maximum absolute atomic E-state index is 12.3. The molecule has 0 aromatic heterocycles. The van der Waals surface area contributed by atoms with Crippen molar-refractivity contribution in [2.24, 2.45) is 0 Å². The van der Waals surface area contributed by atoms with Gasteiger partial charge in [0, 0.05) is 24.3 Å². The fourth-order valence-electron chi connectivity index (χ4n) is 2.93. The van der Waals surface area contributed by atoms with Gasteiger partial charge in [-0.15, -0.1) is 0 Å². The number of nitrogens with zero attached hydrogens (tertiary/aromatic N) is 1. The van der Waals surface area contributed by atoms with Crippen molar-refractivity contribution in [3.8, 4) is 0 Å². The minimum Gasteiger partial charge on any atom is -0.372 e. The van der Waals surface area contributed by atoms with Gasteiger partial charge in [0.1, 0.15) is 0 Å². The molecule has 0 radical (unpaired) electrons. The molecule has 2 aromatic rings. The van der Waals surface area contributed by atoms with E-state index in [0.717, 1.165) is 24.2 Å². The maximum atomic E-state index is 12.3. The number of allylic oxidation sites excluding steroid dienone is 1. The quantitative estimate of drug-likeness (QED) is 0.592. The van der Waals surface area contributed by atoms with Crippen LogP contribution >= 0.6 is 0 Å². The number of hydrogen-bond donors (Lipinski definition) is 0. The largest absolute Gasteiger partial charge is 0.372 e. The van der Waals surface area contributed by atoms with Gasteiger partial charge >= 0.3 is 0 Å². The molecule has 1 fully saturated rings. The number of piperidine rings is 1. The first-order valence-electron chi connectivity index (χ1n) is 8.36. The van der Waals surface area contributed by atoms with Gasteiger partial charge in [0.25, 0.3) is 0 Å². The Labute approximate surface area is 138 Å². The van der Waals surface area contributed by atoms with E-state index in [1.165, 1.54) is 30.5 Å². The zero-order chi connectivity index (χ0) is 16.1. The Morgan fingerprint density at radius 3 is 2.22 bits per heavy atom. The minimum absolute atomic E-state index is 0.0516. The third-order valence-electron chi connectivity index (χ3n) is 4.38. The summed E-state index contributed by atoms with van der Waals surface area (Å²) in [4.78, 5) is 14.7. The van der Waals surface area contributed by atoms with Crippen molar-refractivity contribution in [1.29, 1.82) is 0 Å². The van der Waals surface area contributed by atoms with Crippen molar-refractivity contribution in [3.63, 3.8) is 0 Å². The van der Waals surface area contributed by atoms with Crippen LogP contribution in [0.5, 0.6) is 0 Å². The highest BCUT2D eigenvalue weighted by Crippen LogP contribution is 2.20. The van der Waals surface area contributed by atoms with Crippen LogP contribution < -0.4 is 4.90 Å². The van der Waals surface area contributed by atoms with Crippen LogP contribution in [0.3, 0.4) is 0 Å². The highest BCUT2D eigenvalue weighted by Gasteiger charge is 2.11. The predicted molar refractivity (Wildman–Crippen MR) is 97.0 cm³/mol. The number of benzene rings is 2. The molecule has 0 atom stereocenters. The monoisotopic (exact) mass is 305 g/mol. The standard InChI is InChI=1S/C21H23NO/c1-17-5-7-18(8-6-17)9-14-21(23)19-10-12-20(13-11-19)22-15-3-2-4-16-22/h5-14H,2-4,15-16H2,1H3/b14-9-. The van der Waals surface area contributed by atoms with Crippen molar-refractivity contribution in [2.45, 2.75) is 26.2 Å². The van der Waals surface area contributed by atoms with E-state index in [0.29, 0.717) is 0 Å². The van der Waals surface area contributed by atoms with E-state index >= 15 is 0 Å². The molecule has 0 aliphatic carbocycles. The maximum Gasteiger partial charge on any atom is 0.185 e. The summed E-state index contributed by atoms with van der Waals surface area (Å²) in [6.45, 7) is 4.31. The Kier molecular flexibility index (Phi) is 4.92. The molecule has 3 rings (SSSR count). The molecule has 1 aliphatic rings. The van der Waals surface area contributed by atoms with Crippen LogP contribution in [0.1, 0.15) is 40.7 Å². The third kappa shape index (κ3) is 4.10. The lowest BCUT2D eigenvalue weighted by Gasteiger charge is -2.28. The SMILES string of the molecule is Cc1ccc(/C=C\C(=O)c2ccc(N3CCCCC3)cc2)cc1. The van der Waals surface area contributed by atoms with E-state index in [-0.39, 0.29) is 5.78 Å². The van der Waals surface area contributed by atoms with Crippen molar-refractivity contribution in [2.75, 3.05) is 18.0 Å². The Hall–Kier alpha value is -2.35. The minimum atomic E-state index is 0.0516. The van der Waals surface area contributed by atoms with Crippen LogP contribution in [0.15, 0.2) is 54.6 Å². The van der Waals surface area contributed by atoms with E-state index in [4.69, 9.17) is 0 Å². The van der Waals surface area contributed by atoms with Crippen molar-refractivity contribution in [1.82, 2.24) is 0 Å². The molecule has 0 unspecified atom stereocenters. The molecule has 1 heterocycles. The molecule has 2 heteroatoms. The molecule has 2 aromatic carbocycles. The topological polar surface area (TPSA) is 20.3 Å². The Balaban J connectivity index is 1.66. The highest BCUT2D eigenvalue weighted by atomic mass is 16.1. The normalized spacial score (nSPS) is 15.1. The van der Waals surface area contributed by atoms with Gasteiger partial charge in [-0.05, 0) is 62.1 Å². The van der Waals surface area contributed by atoms with Gasteiger partial charge < -0.3 is 4.90 Å². The number of rotatable bonds is 4. The smallest absolute Gasteiger partial charge is 0.185 e. The van der Waals surface area contributed by atoms with Gasteiger partial charge in [0.05, 0.1) is 0 Å². The molecular weight excluding hydrogens is 282 g/mol. The first-order valence-corrected chi connectivity index (χ1v) is 8.36. The van der Waals surface area contributed by atoms with Gasteiger partial charge in [-0.3, -0.25) is 4.79 Å². The fraction of sp³-hybridized carbons (Fsp3) is 0.286. The van der Waals surface area contributed by atoms with Gasteiger partial charge in [0.15, 0.2) is 5.78 Å². The molecule has 1 aliphatic heterocycles. The first-order chi connectivity index (χ1) is 11.2. The van der Waals surface area contributed by atoms with Crippen LogP contribution in [0.2, 0.25) is 0 Å². The average Bonchev–Trinajstić information content (AvgIpc) is 2.62. The van der Waals surface area contributed by atoms with Gasteiger partial charge in [-0.25, -0.2) is 0 Å². The number of hydrogen-bond acceptors (Lipinski definition) is 2. The number of ketones is 1. The predicted octanol–water partition coefficient (Wildman–Crippen LogP) is 4.88. The summed E-state index contributed by atoms with van der Waals surface area (Å²) < 4.78 is 0. The van der Waals surface area contributed by atoms with Crippen molar-refractivity contribution >= 4 is 17.5 Å². The Morgan fingerprint density at radius 1 is 0.913 bits per heavy atom. The van der Waals surface area contributed by atoms with Crippen molar-refractivity contribution < 1.29 is 4.79 Å². The fourth-order valence-corrected chi connectivity index (χ4v) is 2.93. The van der Waals surface area contributed by atoms with E-state index in [2.05, 4.69) is 36.1 Å². The number of anilines is 1. The van der Waals surface area contributed by atoms with Gasteiger partial charge in [-0.2, -0.15) is 0 Å². The highest BCUT2D eigenvalue weighted by molar-refractivity contribution is 6.06. The molecule has 0 amide bonds. The second kappa shape index (κ2) is 7.28. The first kappa shape index (κ1) is 15.5. The average molecular weight is 305 g/mol. The summed E-state index contributed by atoms with van der Waals surface area (Å²) in [5.74, 6) is 0.0516. The summed E-state index contributed by atoms with van der Waals surface area (Å²) in [6, 6.07) is 16.2. The van der Waals surface area contributed by atoms with E-state index in [1.54, 1.807) is 6.08 Å². The zero-order valence-electron chi connectivity index (χ0n) is 13.7. The summed E-state index contributed by atoms with van der Waals surface area (Å²) in [5.41, 5.74) is 4.24. The second-order valence-corrected chi connectivity index (χ2v) is 6.20. The summed E-state index contributed by atoms with van der Waals surface area (Å²) in [5, 5.41) is 0. The second-order valence-electron chi connectivity index (χ2n) is 6.20. The van der Waals surface area contributed by atoms with Crippen LogP contribution in [-0.2, 0) is 0 Å². The molecule has 2 nitrogen and oxygen atoms in total. The zero-order valence-corrected chi connectivity index (χ0v) is 13.7. The lowest BCUT2D eigenvalue weighted by Crippen LogP contribution is -2.29. The third-order valence-corrected chi connectivity index (χ3v) is 4.38. The summed E-state index contributed by atoms with van der Waals surface area (Å²) in [6.07, 6.45) is 7.39. The molecule has 0 N–H and O–H groups in total. The van der Waals surface area contributed by atoms with E-state index < -0.39 is 0 Å².